The van der Waals surface area contributed by atoms with E-state index in [0.717, 1.165) is 36.8 Å². The number of nitrogens with one attached hydrogen (secondary N) is 2. The molecule has 0 spiro atoms. The minimum Gasteiger partial charge on any atom is -0.496 e. The zero-order valence-electron chi connectivity index (χ0n) is 15.7. The Bertz CT molecular complexity index is 659. The Morgan fingerprint density at radius 1 is 1.00 bits per heavy atom. The average Bonchev–Trinajstić information content (AvgIpc) is 2.69. The number of aliphatic imine (C=N–C) groups is 1. The minimum absolute atomic E-state index is 0.525. The molecule has 2 aromatic carbocycles. The molecule has 0 aromatic heterocycles. The molecule has 2 rings (SSSR count). The number of methoxy groups -OCH3 is 1. The fourth-order valence-corrected chi connectivity index (χ4v) is 2.54. The number of rotatable bonds is 10. The molecule has 5 nitrogen and oxygen atoms in total. The normalized spacial score (nSPS) is 11.2. The van der Waals surface area contributed by atoms with Gasteiger partial charge in [-0.05, 0) is 25.0 Å². The van der Waals surface area contributed by atoms with E-state index in [2.05, 4.69) is 46.8 Å². The quantitative estimate of drug-likeness (QED) is 0.391. The van der Waals surface area contributed by atoms with Gasteiger partial charge in [-0.25, -0.2) is 0 Å². The van der Waals surface area contributed by atoms with Crippen LogP contribution in [0.3, 0.4) is 0 Å². The Morgan fingerprint density at radius 2 is 1.77 bits per heavy atom. The maximum atomic E-state index is 5.72. The standard InChI is InChI=1S/C21H29N3O2/c1-3-22-21(23-14-13-18-9-5-4-6-10-18)24-15-16-26-17-19-11-7-8-12-20(19)25-2/h4-12H,3,13-17H2,1-2H3,(H2,22,23,24). The van der Waals surface area contributed by atoms with Crippen molar-refractivity contribution in [2.24, 2.45) is 4.99 Å². The zero-order valence-corrected chi connectivity index (χ0v) is 15.7. The minimum atomic E-state index is 0.525. The highest BCUT2D eigenvalue weighted by Crippen LogP contribution is 2.17. The molecule has 0 aliphatic carbocycles. The van der Waals surface area contributed by atoms with Crippen molar-refractivity contribution in [1.82, 2.24) is 10.6 Å². The maximum Gasteiger partial charge on any atom is 0.191 e. The first-order chi connectivity index (χ1) is 12.8. The molecule has 0 atom stereocenters. The van der Waals surface area contributed by atoms with Crippen molar-refractivity contribution >= 4 is 5.96 Å². The number of para-hydroxylation sites is 1. The topological polar surface area (TPSA) is 54.9 Å². The van der Waals surface area contributed by atoms with Crippen LogP contribution in [0.15, 0.2) is 59.6 Å². The summed E-state index contributed by atoms with van der Waals surface area (Å²) in [4.78, 5) is 4.56. The molecule has 0 unspecified atom stereocenters. The molecule has 0 fully saturated rings. The Kier molecular flexibility index (Phi) is 9.08. The van der Waals surface area contributed by atoms with Crippen LogP contribution >= 0.6 is 0 Å². The van der Waals surface area contributed by atoms with Crippen molar-refractivity contribution in [3.8, 4) is 5.75 Å². The summed E-state index contributed by atoms with van der Waals surface area (Å²) < 4.78 is 11.0. The van der Waals surface area contributed by atoms with Crippen molar-refractivity contribution in [3.63, 3.8) is 0 Å². The lowest BCUT2D eigenvalue weighted by Crippen LogP contribution is -2.38. The van der Waals surface area contributed by atoms with Crippen LogP contribution < -0.4 is 15.4 Å². The largest absolute Gasteiger partial charge is 0.496 e. The third-order valence-corrected chi connectivity index (χ3v) is 3.85. The third-order valence-electron chi connectivity index (χ3n) is 3.85. The van der Waals surface area contributed by atoms with Crippen LogP contribution in [0.1, 0.15) is 18.1 Å². The van der Waals surface area contributed by atoms with Crippen molar-refractivity contribution in [2.75, 3.05) is 33.4 Å². The second-order valence-corrected chi connectivity index (χ2v) is 5.79. The summed E-state index contributed by atoms with van der Waals surface area (Å²) in [6.07, 6.45) is 0.968. The van der Waals surface area contributed by atoms with Gasteiger partial charge in [0.15, 0.2) is 5.96 Å². The van der Waals surface area contributed by atoms with Crippen molar-refractivity contribution in [1.29, 1.82) is 0 Å². The van der Waals surface area contributed by atoms with Crippen molar-refractivity contribution in [2.45, 2.75) is 20.0 Å². The van der Waals surface area contributed by atoms with Crippen LogP contribution in [-0.4, -0.2) is 39.3 Å². The summed E-state index contributed by atoms with van der Waals surface area (Å²) in [5.41, 5.74) is 2.36. The molecule has 0 saturated heterocycles. The molecule has 140 valence electrons. The molecular formula is C21H29N3O2. The molecule has 0 aliphatic heterocycles. The zero-order chi connectivity index (χ0) is 18.5. The van der Waals surface area contributed by atoms with E-state index in [1.165, 1.54) is 5.56 Å². The summed E-state index contributed by atoms with van der Waals surface area (Å²) in [6, 6.07) is 18.3. The predicted octanol–water partition coefficient (Wildman–Crippen LogP) is 3.01. The molecule has 0 heterocycles. The van der Waals surface area contributed by atoms with Crippen LogP contribution in [0.5, 0.6) is 5.75 Å². The molecule has 0 amide bonds. The van der Waals surface area contributed by atoms with Gasteiger partial charge in [0, 0.05) is 18.7 Å². The average molecular weight is 355 g/mol. The van der Waals surface area contributed by atoms with Gasteiger partial charge in [-0.1, -0.05) is 48.5 Å². The summed E-state index contributed by atoms with van der Waals surface area (Å²) in [5.74, 6) is 1.68. The van der Waals surface area contributed by atoms with Gasteiger partial charge >= 0.3 is 0 Å². The molecule has 0 aliphatic rings. The maximum absolute atomic E-state index is 5.72. The van der Waals surface area contributed by atoms with Crippen LogP contribution in [0.4, 0.5) is 0 Å². The molecule has 2 aromatic rings. The number of hydrogen-bond donors (Lipinski definition) is 2. The van der Waals surface area contributed by atoms with E-state index in [0.29, 0.717) is 19.8 Å². The van der Waals surface area contributed by atoms with E-state index in [1.807, 2.05) is 30.3 Å². The van der Waals surface area contributed by atoms with Crippen LogP contribution in [0, 0.1) is 0 Å². The van der Waals surface area contributed by atoms with Gasteiger partial charge < -0.3 is 20.1 Å². The van der Waals surface area contributed by atoms with Crippen LogP contribution in [0.2, 0.25) is 0 Å². The van der Waals surface area contributed by atoms with Gasteiger partial charge in [0.05, 0.1) is 26.9 Å². The number of guanidine groups is 1. The number of ether oxygens (including phenoxy) is 2. The fourth-order valence-electron chi connectivity index (χ4n) is 2.54. The van der Waals surface area contributed by atoms with Gasteiger partial charge in [-0.3, -0.25) is 4.99 Å². The summed E-state index contributed by atoms with van der Waals surface area (Å²) in [5, 5.41) is 6.62. The molecule has 5 heteroatoms. The van der Waals surface area contributed by atoms with Gasteiger partial charge in [0.25, 0.3) is 0 Å². The second kappa shape index (κ2) is 11.9. The monoisotopic (exact) mass is 355 g/mol. The molecule has 0 saturated carbocycles. The summed E-state index contributed by atoms with van der Waals surface area (Å²) >= 11 is 0. The van der Waals surface area contributed by atoms with Gasteiger partial charge in [0.1, 0.15) is 5.75 Å². The lowest BCUT2D eigenvalue weighted by Gasteiger charge is -2.12. The van der Waals surface area contributed by atoms with Gasteiger partial charge in [-0.15, -0.1) is 0 Å². The lowest BCUT2D eigenvalue weighted by molar-refractivity contribution is 0.126. The van der Waals surface area contributed by atoms with Crippen molar-refractivity contribution in [3.05, 3.63) is 65.7 Å². The predicted molar refractivity (Wildman–Crippen MR) is 107 cm³/mol. The fraction of sp³-hybridized carbons (Fsp3) is 0.381. The van der Waals surface area contributed by atoms with Gasteiger partial charge in [0.2, 0.25) is 0 Å². The van der Waals surface area contributed by atoms with Gasteiger partial charge in [-0.2, -0.15) is 0 Å². The van der Waals surface area contributed by atoms with E-state index in [1.54, 1.807) is 7.11 Å². The van der Waals surface area contributed by atoms with E-state index < -0.39 is 0 Å². The Hall–Kier alpha value is -2.53. The number of hydrogen-bond acceptors (Lipinski definition) is 3. The Labute approximate surface area is 156 Å². The van der Waals surface area contributed by atoms with Crippen LogP contribution in [0.25, 0.3) is 0 Å². The highest BCUT2D eigenvalue weighted by atomic mass is 16.5. The molecular weight excluding hydrogens is 326 g/mol. The smallest absolute Gasteiger partial charge is 0.191 e. The molecule has 0 bridgehead atoms. The first-order valence-electron chi connectivity index (χ1n) is 9.09. The molecule has 26 heavy (non-hydrogen) atoms. The van der Waals surface area contributed by atoms with Crippen molar-refractivity contribution < 1.29 is 9.47 Å². The summed E-state index contributed by atoms with van der Waals surface area (Å²) in [7, 11) is 1.67. The first-order valence-corrected chi connectivity index (χ1v) is 9.09. The summed E-state index contributed by atoms with van der Waals surface area (Å²) in [6.45, 7) is 5.43. The second-order valence-electron chi connectivity index (χ2n) is 5.79. The third kappa shape index (κ3) is 7.15. The first kappa shape index (κ1) is 19.8. The number of nitrogens with zero attached hydrogens (tertiary/aromatic N) is 1. The van der Waals surface area contributed by atoms with Crippen LogP contribution in [-0.2, 0) is 17.8 Å². The van der Waals surface area contributed by atoms with E-state index in [9.17, 15) is 0 Å². The van der Waals surface area contributed by atoms with E-state index >= 15 is 0 Å². The SMILES string of the molecule is CCNC(=NCCOCc1ccccc1OC)NCCc1ccccc1. The van der Waals surface area contributed by atoms with E-state index in [-0.39, 0.29) is 0 Å². The Balaban J connectivity index is 1.70. The Morgan fingerprint density at radius 3 is 2.54 bits per heavy atom. The highest BCUT2D eigenvalue weighted by Gasteiger charge is 2.01. The number of benzene rings is 2. The molecule has 0 radical (unpaired) electrons. The van der Waals surface area contributed by atoms with E-state index in [4.69, 9.17) is 9.47 Å². The lowest BCUT2D eigenvalue weighted by atomic mass is 10.1. The highest BCUT2D eigenvalue weighted by molar-refractivity contribution is 5.79. The molecule has 2 N–H and O–H groups in total.